The van der Waals surface area contributed by atoms with Gasteiger partial charge in [0.1, 0.15) is 0 Å². The van der Waals surface area contributed by atoms with Crippen LogP contribution in [0.5, 0.6) is 0 Å². The molecule has 1 unspecified atom stereocenters. The third kappa shape index (κ3) is 3.73. The molecule has 2 aromatic heterocycles. The van der Waals surface area contributed by atoms with E-state index in [4.69, 9.17) is 9.72 Å². The first-order chi connectivity index (χ1) is 13.3. The number of morpholine rings is 1. The molecule has 2 aliphatic carbocycles. The number of carbonyl (C=O) groups excluding carboxylic acids is 1. The van der Waals surface area contributed by atoms with E-state index in [1.807, 2.05) is 0 Å². The molecular formula is C19H25N5O2S. The van der Waals surface area contributed by atoms with Gasteiger partial charge in [0.25, 0.3) is 0 Å². The second-order valence-electron chi connectivity index (χ2n) is 7.72. The lowest BCUT2D eigenvalue weighted by Crippen LogP contribution is -2.36. The van der Waals surface area contributed by atoms with E-state index in [9.17, 15) is 4.79 Å². The molecule has 0 aromatic carbocycles. The number of hydrogen-bond donors (Lipinski definition) is 2. The molecule has 2 N–H and O–H groups in total. The van der Waals surface area contributed by atoms with E-state index in [2.05, 4.69) is 26.5 Å². The molecule has 0 bridgehead atoms. The summed E-state index contributed by atoms with van der Waals surface area (Å²) < 4.78 is 5.43. The van der Waals surface area contributed by atoms with Gasteiger partial charge in [0, 0.05) is 36.2 Å². The van der Waals surface area contributed by atoms with E-state index in [1.54, 1.807) is 11.3 Å². The second-order valence-corrected chi connectivity index (χ2v) is 8.78. The van der Waals surface area contributed by atoms with Gasteiger partial charge < -0.3 is 15.0 Å². The molecule has 1 amide bonds. The Balaban J connectivity index is 1.18. The van der Waals surface area contributed by atoms with Crippen molar-refractivity contribution in [3.8, 4) is 0 Å². The van der Waals surface area contributed by atoms with Crippen molar-refractivity contribution >= 4 is 22.4 Å². The third-order valence-corrected chi connectivity index (χ3v) is 6.90. The maximum atomic E-state index is 12.6. The highest BCUT2D eigenvalue weighted by Crippen LogP contribution is 2.39. The average Bonchev–Trinajstić information content (AvgIpc) is 3.29. The number of aromatic nitrogens is 3. The maximum absolute atomic E-state index is 12.6. The maximum Gasteiger partial charge on any atom is 0.223 e. The van der Waals surface area contributed by atoms with Crippen molar-refractivity contribution in [1.82, 2.24) is 20.5 Å². The zero-order valence-corrected chi connectivity index (χ0v) is 16.2. The number of anilines is 1. The van der Waals surface area contributed by atoms with Crippen molar-refractivity contribution in [2.24, 2.45) is 5.92 Å². The largest absolute Gasteiger partial charge is 0.378 e. The number of nitrogens with one attached hydrogen (secondary N) is 2. The van der Waals surface area contributed by atoms with E-state index in [-0.39, 0.29) is 11.8 Å². The van der Waals surface area contributed by atoms with Crippen LogP contribution in [0.2, 0.25) is 0 Å². The lowest BCUT2D eigenvalue weighted by Gasteiger charge is -2.26. The first-order valence-corrected chi connectivity index (χ1v) is 10.7. The highest BCUT2D eigenvalue weighted by atomic mass is 32.1. The molecule has 5 rings (SSSR count). The zero-order valence-electron chi connectivity index (χ0n) is 15.4. The molecule has 3 aliphatic rings. The van der Waals surface area contributed by atoms with E-state index < -0.39 is 0 Å². The number of aromatic amines is 1. The van der Waals surface area contributed by atoms with Crippen LogP contribution in [0.25, 0.3) is 0 Å². The van der Waals surface area contributed by atoms with Crippen molar-refractivity contribution in [1.29, 1.82) is 0 Å². The van der Waals surface area contributed by atoms with E-state index in [0.29, 0.717) is 12.5 Å². The Kier molecular flexibility index (Phi) is 4.61. The summed E-state index contributed by atoms with van der Waals surface area (Å²) in [6, 6.07) is 2.09. The van der Waals surface area contributed by atoms with Gasteiger partial charge in [-0.05, 0) is 31.7 Å². The molecule has 0 spiro atoms. The van der Waals surface area contributed by atoms with Gasteiger partial charge in [0.15, 0.2) is 5.13 Å². The molecular weight excluding hydrogens is 362 g/mol. The molecule has 1 saturated heterocycles. The Bertz CT molecular complexity index is 822. The van der Waals surface area contributed by atoms with Crippen LogP contribution in [-0.2, 0) is 28.9 Å². The lowest BCUT2D eigenvalue weighted by atomic mass is 9.90. The van der Waals surface area contributed by atoms with Gasteiger partial charge in [-0.1, -0.05) is 0 Å². The molecule has 27 heavy (non-hydrogen) atoms. The molecule has 3 heterocycles. The van der Waals surface area contributed by atoms with Crippen LogP contribution in [0.15, 0.2) is 6.07 Å². The number of H-pyrrole nitrogens is 1. The predicted octanol–water partition coefficient (Wildman–Crippen LogP) is 2.00. The second kappa shape index (κ2) is 7.24. The summed E-state index contributed by atoms with van der Waals surface area (Å²) in [5.74, 6) is 0.778. The van der Waals surface area contributed by atoms with Crippen molar-refractivity contribution < 1.29 is 9.53 Å². The Morgan fingerprint density at radius 3 is 3.00 bits per heavy atom. The van der Waals surface area contributed by atoms with Crippen molar-refractivity contribution in [3.63, 3.8) is 0 Å². The number of carbonyl (C=O) groups is 1. The van der Waals surface area contributed by atoms with Crippen LogP contribution < -0.4 is 10.2 Å². The molecule has 2 aromatic rings. The summed E-state index contributed by atoms with van der Waals surface area (Å²) in [7, 11) is 0. The molecule has 1 atom stereocenters. The fourth-order valence-corrected chi connectivity index (χ4v) is 5.02. The van der Waals surface area contributed by atoms with Crippen LogP contribution in [0, 0.1) is 5.92 Å². The number of aryl methyl sites for hydroxylation is 1. The number of ether oxygens (including phenoxy) is 1. The minimum absolute atomic E-state index is 0.0166. The van der Waals surface area contributed by atoms with Gasteiger partial charge in [0.2, 0.25) is 5.91 Å². The third-order valence-electron chi connectivity index (χ3n) is 5.68. The fraction of sp³-hybridized carbons (Fsp3) is 0.632. The predicted molar refractivity (Wildman–Crippen MR) is 103 cm³/mol. The number of thiazole rings is 1. The van der Waals surface area contributed by atoms with Crippen LogP contribution in [0.4, 0.5) is 5.13 Å². The summed E-state index contributed by atoms with van der Waals surface area (Å²) in [5.41, 5.74) is 3.25. The quantitative estimate of drug-likeness (QED) is 0.820. The molecule has 8 heteroatoms. The standard InChI is InChI=1S/C19H25N5O2S/c25-18(20-11-14-10-15(23-22-14)12-1-2-12)13-3-4-17-16(9-13)21-19(27-17)24-5-7-26-8-6-24/h10,12-13H,1-9,11H2,(H,20,25)(H,22,23). The Labute approximate surface area is 162 Å². The number of hydrogen-bond acceptors (Lipinski definition) is 6. The summed E-state index contributed by atoms with van der Waals surface area (Å²) in [6.45, 7) is 3.88. The molecule has 2 fully saturated rings. The van der Waals surface area contributed by atoms with E-state index >= 15 is 0 Å². The highest BCUT2D eigenvalue weighted by Gasteiger charge is 2.29. The van der Waals surface area contributed by atoms with Crippen molar-refractivity contribution in [3.05, 3.63) is 28.0 Å². The van der Waals surface area contributed by atoms with Crippen LogP contribution >= 0.6 is 11.3 Å². The highest BCUT2D eigenvalue weighted by molar-refractivity contribution is 7.15. The topological polar surface area (TPSA) is 83.1 Å². The Hall–Kier alpha value is -1.93. The van der Waals surface area contributed by atoms with E-state index in [1.165, 1.54) is 17.7 Å². The number of amides is 1. The zero-order chi connectivity index (χ0) is 18.2. The first kappa shape index (κ1) is 17.2. The van der Waals surface area contributed by atoms with E-state index in [0.717, 1.165) is 67.8 Å². The summed E-state index contributed by atoms with van der Waals surface area (Å²) in [6.07, 6.45) is 5.08. The number of fused-ring (bicyclic) bond motifs is 1. The number of rotatable bonds is 5. The van der Waals surface area contributed by atoms with Crippen molar-refractivity contribution in [2.45, 2.75) is 44.6 Å². The smallest absolute Gasteiger partial charge is 0.223 e. The molecule has 7 nitrogen and oxygen atoms in total. The summed E-state index contributed by atoms with van der Waals surface area (Å²) in [5, 5.41) is 11.6. The van der Waals surface area contributed by atoms with Crippen LogP contribution in [-0.4, -0.2) is 47.4 Å². The number of nitrogens with zero attached hydrogens (tertiary/aromatic N) is 3. The van der Waals surface area contributed by atoms with Gasteiger partial charge in [-0.3, -0.25) is 9.89 Å². The first-order valence-electron chi connectivity index (χ1n) is 9.89. The van der Waals surface area contributed by atoms with Gasteiger partial charge >= 0.3 is 0 Å². The van der Waals surface area contributed by atoms with Gasteiger partial charge in [-0.15, -0.1) is 11.3 Å². The Morgan fingerprint density at radius 2 is 2.19 bits per heavy atom. The van der Waals surface area contributed by atoms with Gasteiger partial charge in [-0.25, -0.2) is 4.98 Å². The van der Waals surface area contributed by atoms with Gasteiger partial charge in [-0.2, -0.15) is 5.10 Å². The Morgan fingerprint density at radius 1 is 1.33 bits per heavy atom. The minimum atomic E-state index is 0.0166. The summed E-state index contributed by atoms with van der Waals surface area (Å²) >= 11 is 1.79. The lowest BCUT2D eigenvalue weighted by molar-refractivity contribution is -0.125. The average molecular weight is 388 g/mol. The minimum Gasteiger partial charge on any atom is -0.378 e. The van der Waals surface area contributed by atoms with Crippen LogP contribution in [0.1, 0.15) is 47.1 Å². The van der Waals surface area contributed by atoms with Gasteiger partial charge in [0.05, 0.1) is 36.8 Å². The summed E-state index contributed by atoms with van der Waals surface area (Å²) in [4.78, 5) is 21.1. The molecule has 144 valence electrons. The molecule has 1 saturated carbocycles. The monoisotopic (exact) mass is 387 g/mol. The fourth-order valence-electron chi connectivity index (χ4n) is 3.86. The molecule has 1 aliphatic heterocycles. The normalized spacial score (nSPS) is 22.5. The molecule has 0 radical (unpaired) electrons. The van der Waals surface area contributed by atoms with Crippen LogP contribution in [0.3, 0.4) is 0 Å². The van der Waals surface area contributed by atoms with Crippen molar-refractivity contribution in [2.75, 3.05) is 31.2 Å². The SMILES string of the molecule is O=C(NCc1cc(C2CC2)n[nH]1)C1CCc2sc(N3CCOCC3)nc2C1.